The van der Waals surface area contributed by atoms with Crippen molar-refractivity contribution in [2.24, 2.45) is 5.73 Å². The van der Waals surface area contributed by atoms with Gasteiger partial charge in [-0.3, -0.25) is 9.80 Å². The quantitative estimate of drug-likeness (QED) is 0.812. The highest BCUT2D eigenvalue weighted by atomic mass is 16.5. The van der Waals surface area contributed by atoms with Crippen LogP contribution in [-0.4, -0.2) is 67.3 Å². The normalized spacial score (nSPS) is 36.5. The van der Waals surface area contributed by atoms with Crippen molar-refractivity contribution >= 4 is 0 Å². The molecule has 0 aromatic heterocycles. The average molecular weight is 267 g/mol. The molecular weight excluding hydrogens is 238 g/mol. The second kappa shape index (κ2) is 6.53. The minimum Gasteiger partial charge on any atom is -0.381 e. The van der Waals surface area contributed by atoms with E-state index in [1.807, 2.05) is 0 Å². The van der Waals surface area contributed by atoms with Gasteiger partial charge >= 0.3 is 0 Å². The molecule has 0 aliphatic carbocycles. The fourth-order valence-electron chi connectivity index (χ4n) is 3.93. The van der Waals surface area contributed by atoms with E-state index in [0.717, 1.165) is 25.3 Å². The maximum absolute atomic E-state index is 6.01. The van der Waals surface area contributed by atoms with Crippen LogP contribution in [0.2, 0.25) is 0 Å². The number of hydrogen-bond donors (Lipinski definition) is 1. The van der Waals surface area contributed by atoms with E-state index in [9.17, 15) is 0 Å². The molecule has 19 heavy (non-hydrogen) atoms. The molecule has 3 rings (SSSR count). The predicted molar refractivity (Wildman–Crippen MR) is 77.2 cm³/mol. The lowest BCUT2D eigenvalue weighted by atomic mass is 10.0. The van der Waals surface area contributed by atoms with Crippen LogP contribution in [0.3, 0.4) is 0 Å². The van der Waals surface area contributed by atoms with Crippen molar-refractivity contribution in [3.63, 3.8) is 0 Å². The molecule has 3 aliphatic heterocycles. The van der Waals surface area contributed by atoms with Crippen molar-refractivity contribution in [3.05, 3.63) is 0 Å². The first kappa shape index (κ1) is 13.8. The number of hydrogen-bond acceptors (Lipinski definition) is 4. The second-order valence-corrected chi connectivity index (χ2v) is 6.51. The SMILES string of the molecule is NC1CCN(C2CCN(C3CCCOCC3)C2)CC1. The van der Waals surface area contributed by atoms with Crippen LogP contribution < -0.4 is 5.73 Å². The summed E-state index contributed by atoms with van der Waals surface area (Å²) < 4.78 is 5.59. The topological polar surface area (TPSA) is 41.7 Å². The number of nitrogens with zero attached hydrogens (tertiary/aromatic N) is 2. The maximum atomic E-state index is 6.01. The van der Waals surface area contributed by atoms with Gasteiger partial charge in [0.15, 0.2) is 0 Å². The first-order valence-electron chi connectivity index (χ1n) is 8.14. The molecule has 0 bridgehead atoms. The number of nitrogens with two attached hydrogens (primary N) is 1. The molecule has 3 heterocycles. The Bertz CT molecular complexity index is 271. The smallest absolute Gasteiger partial charge is 0.0480 e. The van der Waals surface area contributed by atoms with Gasteiger partial charge in [-0.2, -0.15) is 0 Å². The molecule has 3 aliphatic rings. The van der Waals surface area contributed by atoms with Crippen molar-refractivity contribution in [1.29, 1.82) is 0 Å². The standard InChI is InChI=1S/C15H29N3O/c16-13-3-7-17(8-4-13)15-5-9-18(12-15)14-2-1-10-19-11-6-14/h13-15H,1-12,16H2. The number of rotatable bonds is 2. The molecule has 4 heteroatoms. The Labute approximate surface area is 117 Å². The zero-order chi connectivity index (χ0) is 13.1. The van der Waals surface area contributed by atoms with Crippen LogP contribution in [0, 0.1) is 0 Å². The molecule has 4 nitrogen and oxygen atoms in total. The van der Waals surface area contributed by atoms with Crippen LogP contribution in [0.4, 0.5) is 0 Å². The largest absolute Gasteiger partial charge is 0.381 e. The molecule has 0 aromatic rings. The highest BCUT2D eigenvalue weighted by Gasteiger charge is 2.33. The number of piperidine rings is 1. The molecular formula is C15H29N3O. The van der Waals surface area contributed by atoms with Gasteiger partial charge in [0.1, 0.15) is 0 Å². The minimum absolute atomic E-state index is 0.452. The molecule has 2 unspecified atom stereocenters. The van der Waals surface area contributed by atoms with Crippen LogP contribution in [0.1, 0.15) is 38.5 Å². The van der Waals surface area contributed by atoms with Gasteiger partial charge in [0.2, 0.25) is 0 Å². The van der Waals surface area contributed by atoms with Crippen molar-refractivity contribution < 1.29 is 4.74 Å². The Morgan fingerprint density at radius 2 is 1.58 bits per heavy atom. The van der Waals surface area contributed by atoms with Crippen molar-refractivity contribution in [2.45, 2.75) is 56.7 Å². The highest BCUT2D eigenvalue weighted by molar-refractivity contribution is 4.89. The lowest BCUT2D eigenvalue weighted by Gasteiger charge is -2.35. The molecule has 110 valence electrons. The summed E-state index contributed by atoms with van der Waals surface area (Å²) in [6, 6.07) is 2.02. The minimum atomic E-state index is 0.452. The fraction of sp³-hybridized carbons (Fsp3) is 1.00. The van der Waals surface area contributed by atoms with E-state index in [-0.39, 0.29) is 0 Å². The van der Waals surface area contributed by atoms with Gasteiger partial charge < -0.3 is 10.5 Å². The Hall–Kier alpha value is -0.160. The van der Waals surface area contributed by atoms with E-state index in [2.05, 4.69) is 9.80 Å². The van der Waals surface area contributed by atoms with Gasteiger partial charge in [0, 0.05) is 44.4 Å². The number of likely N-dealkylation sites (tertiary alicyclic amines) is 2. The molecule has 3 fully saturated rings. The van der Waals surface area contributed by atoms with E-state index in [1.165, 1.54) is 64.7 Å². The number of ether oxygens (including phenoxy) is 1. The van der Waals surface area contributed by atoms with E-state index >= 15 is 0 Å². The highest BCUT2D eigenvalue weighted by Crippen LogP contribution is 2.25. The second-order valence-electron chi connectivity index (χ2n) is 6.51. The first-order valence-corrected chi connectivity index (χ1v) is 8.14. The van der Waals surface area contributed by atoms with E-state index in [1.54, 1.807) is 0 Å². The lowest BCUT2D eigenvalue weighted by Crippen LogP contribution is -2.46. The summed E-state index contributed by atoms with van der Waals surface area (Å²) in [6.07, 6.45) is 7.54. The molecule has 0 amide bonds. The van der Waals surface area contributed by atoms with E-state index in [4.69, 9.17) is 10.5 Å². The zero-order valence-electron chi connectivity index (χ0n) is 12.1. The van der Waals surface area contributed by atoms with Crippen LogP contribution in [0.15, 0.2) is 0 Å². The van der Waals surface area contributed by atoms with Crippen LogP contribution in [-0.2, 0) is 4.74 Å². The van der Waals surface area contributed by atoms with Gasteiger partial charge in [0.25, 0.3) is 0 Å². The van der Waals surface area contributed by atoms with Crippen molar-refractivity contribution in [1.82, 2.24) is 9.80 Å². The summed E-state index contributed by atoms with van der Waals surface area (Å²) in [5.74, 6) is 0. The monoisotopic (exact) mass is 267 g/mol. The average Bonchev–Trinajstić information content (AvgIpc) is 2.76. The maximum Gasteiger partial charge on any atom is 0.0480 e. The predicted octanol–water partition coefficient (Wildman–Crippen LogP) is 1.05. The Morgan fingerprint density at radius 1 is 0.789 bits per heavy atom. The summed E-state index contributed by atoms with van der Waals surface area (Å²) in [5, 5.41) is 0. The molecule has 3 saturated heterocycles. The Kier molecular flexibility index (Phi) is 4.74. The summed E-state index contributed by atoms with van der Waals surface area (Å²) >= 11 is 0. The Morgan fingerprint density at radius 3 is 2.42 bits per heavy atom. The van der Waals surface area contributed by atoms with Gasteiger partial charge in [-0.25, -0.2) is 0 Å². The van der Waals surface area contributed by atoms with Crippen molar-refractivity contribution in [2.75, 3.05) is 39.4 Å². The summed E-state index contributed by atoms with van der Waals surface area (Å²) in [4.78, 5) is 5.42. The van der Waals surface area contributed by atoms with Gasteiger partial charge in [-0.1, -0.05) is 0 Å². The summed E-state index contributed by atoms with van der Waals surface area (Å²) in [7, 11) is 0. The fourth-order valence-corrected chi connectivity index (χ4v) is 3.93. The summed E-state index contributed by atoms with van der Waals surface area (Å²) in [6.45, 7) is 6.93. The molecule has 0 spiro atoms. The van der Waals surface area contributed by atoms with Crippen LogP contribution in [0.5, 0.6) is 0 Å². The third-order valence-corrected chi connectivity index (χ3v) is 5.22. The first-order chi connectivity index (χ1) is 9.33. The molecule has 0 radical (unpaired) electrons. The van der Waals surface area contributed by atoms with Gasteiger partial charge in [-0.15, -0.1) is 0 Å². The molecule has 2 atom stereocenters. The summed E-state index contributed by atoms with van der Waals surface area (Å²) in [5.41, 5.74) is 6.01. The Balaban J connectivity index is 1.49. The molecule has 2 N–H and O–H groups in total. The third-order valence-electron chi connectivity index (χ3n) is 5.22. The lowest BCUT2D eigenvalue weighted by molar-refractivity contribution is 0.125. The molecule has 0 aromatic carbocycles. The van der Waals surface area contributed by atoms with Crippen LogP contribution in [0.25, 0.3) is 0 Å². The van der Waals surface area contributed by atoms with Crippen LogP contribution >= 0.6 is 0 Å². The van der Waals surface area contributed by atoms with Gasteiger partial charge in [0.05, 0.1) is 0 Å². The van der Waals surface area contributed by atoms with Crippen molar-refractivity contribution in [3.8, 4) is 0 Å². The molecule has 0 saturated carbocycles. The van der Waals surface area contributed by atoms with E-state index in [0.29, 0.717) is 6.04 Å². The zero-order valence-corrected chi connectivity index (χ0v) is 12.1. The van der Waals surface area contributed by atoms with Gasteiger partial charge in [-0.05, 0) is 51.6 Å². The van der Waals surface area contributed by atoms with E-state index < -0.39 is 0 Å². The third kappa shape index (κ3) is 3.48.